The van der Waals surface area contributed by atoms with Crippen molar-refractivity contribution in [1.82, 2.24) is 14.8 Å². The number of nitro groups is 1. The third-order valence-electron chi connectivity index (χ3n) is 3.56. The van der Waals surface area contributed by atoms with Gasteiger partial charge in [0.2, 0.25) is 5.91 Å². The SMILES string of the molecule is CCn1c(C)nnc1S[C@@H](C)C(=O)Nc1cc([N+](=O)[O-])ccc1C. The second-order valence-electron chi connectivity index (χ2n) is 5.28. The Hall–Kier alpha value is -2.42. The number of nitro benzene ring substituents is 1. The van der Waals surface area contributed by atoms with Crippen molar-refractivity contribution in [3.05, 3.63) is 39.7 Å². The second-order valence-corrected chi connectivity index (χ2v) is 6.59. The maximum absolute atomic E-state index is 12.4. The Morgan fingerprint density at radius 3 is 2.75 bits per heavy atom. The van der Waals surface area contributed by atoms with E-state index in [0.717, 1.165) is 17.9 Å². The van der Waals surface area contributed by atoms with Gasteiger partial charge in [-0.3, -0.25) is 14.9 Å². The van der Waals surface area contributed by atoms with E-state index in [9.17, 15) is 14.9 Å². The Bertz CT molecular complexity index is 774. The van der Waals surface area contributed by atoms with Crippen LogP contribution < -0.4 is 5.32 Å². The number of nitrogens with zero attached hydrogens (tertiary/aromatic N) is 4. The number of amides is 1. The van der Waals surface area contributed by atoms with Gasteiger partial charge in [-0.05, 0) is 33.3 Å². The van der Waals surface area contributed by atoms with Gasteiger partial charge in [-0.15, -0.1) is 10.2 Å². The van der Waals surface area contributed by atoms with Crippen molar-refractivity contribution in [3.8, 4) is 0 Å². The van der Waals surface area contributed by atoms with E-state index < -0.39 is 10.2 Å². The molecule has 0 radical (unpaired) electrons. The Kier molecular flexibility index (Phi) is 5.55. The fourth-order valence-corrected chi connectivity index (χ4v) is 3.08. The number of non-ortho nitro benzene ring substituents is 1. The van der Waals surface area contributed by atoms with Gasteiger partial charge in [0.05, 0.1) is 15.9 Å². The lowest BCUT2D eigenvalue weighted by Crippen LogP contribution is -2.23. The van der Waals surface area contributed by atoms with Crippen molar-refractivity contribution < 1.29 is 9.72 Å². The van der Waals surface area contributed by atoms with E-state index in [0.29, 0.717) is 10.8 Å². The molecule has 0 unspecified atom stereocenters. The van der Waals surface area contributed by atoms with Gasteiger partial charge in [0.1, 0.15) is 5.82 Å². The van der Waals surface area contributed by atoms with Gasteiger partial charge in [0.25, 0.3) is 5.69 Å². The third kappa shape index (κ3) is 3.91. The summed E-state index contributed by atoms with van der Waals surface area (Å²) in [6.45, 7) is 8.11. The molecule has 0 aliphatic rings. The first-order valence-corrected chi connectivity index (χ1v) is 8.33. The average molecular weight is 349 g/mol. The zero-order valence-corrected chi connectivity index (χ0v) is 14.8. The molecular formula is C15H19N5O3S. The number of anilines is 1. The minimum Gasteiger partial charge on any atom is -0.325 e. The van der Waals surface area contributed by atoms with Gasteiger partial charge in [-0.1, -0.05) is 17.8 Å². The van der Waals surface area contributed by atoms with Gasteiger partial charge in [0.15, 0.2) is 5.16 Å². The first-order chi connectivity index (χ1) is 11.3. The highest BCUT2D eigenvalue weighted by atomic mass is 32.2. The highest BCUT2D eigenvalue weighted by molar-refractivity contribution is 8.00. The summed E-state index contributed by atoms with van der Waals surface area (Å²) in [7, 11) is 0. The van der Waals surface area contributed by atoms with Crippen LogP contribution in [0, 0.1) is 24.0 Å². The first-order valence-electron chi connectivity index (χ1n) is 7.45. The molecule has 1 amide bonds. The monoisotopic (exact) mass is 349 g/mol. The normalized spacial score (nSPS) is 12.0. The van der Waals surface area contributed by atoms with Crippen LogP contribution >= 0.6 is 11.8 Å². The summed E-state index contributed by atoms with van der Waals surface area (Å²) in [5.74, 6) is 0.550. The predicted molar refractivity (Wildman–Crippen MR) is 92.2 cm³/mol. The molecule has 1 heterocycles. The molecule has 0 bridgehead atoms. The minimum atomic E-state index is -0.486. The molecule has 2 rings (SSSR count). The summed E-state index contributed by atoms with van der Waals surface area (Å²) >= 11 is 1.30. The van der Waals surface area contributed by atoms with Crippen molar-refractivity contribution >= 4 is 29.0 Å². The summed E-state index contributed by atoms with van der Waals surface area (Å²) in [6, 6.07) is 4.39. The van der Waals surface area contributed by atoms with E-state index in [1.165, 1.54) is 23.9 Å². The first kappa shape index (κ1) is 17.9. The van der Waals surface area contributed by atoms with Gasteiger partial charge in [0, 0.05) is 18.7 Å². The molecule has 0 spiro atoms. The van der Waals surface area contributed by atoms with Crippen molar-refractivity contribution in [2.75, 3.05) is 5.32 Å². The third-order valence-corrected chi connectivity index (χ3v) is 4.64. The quantitative estimate of drug-likeness (QED) is 0.488. The van der Waals surface area contributed by atoms with E-state index in [2.05, 4.69) is 15.5 Å². The van der Waals surface area contributed by atoms with E-state index in [1.807, 2.05) is 18.4 Å². The molecule has 0 aliphatic heterocycles. The molecule has 0 aliphatic carbocycles. The molecule has 128 valence electrons. The van der Waals surface area contributed by atoms with Gasteiger partial charge in [-0.25, -0.2) is 0 Å². The zero-order valence-electron chi connectivity index (χ0n) is 13.9. The number of benzene rings is 1. The summed E-state index contributed by atoms with van der Waals surface area (Å²) in [4.78, 5) is 22.8. The fourth-order valence-electron chi connectivity index (χ4n) is 2.12. The van der Waals surface area contributed by atoms with Gasteiger partial charge in [-0.2, -0.15) is 0 Å². The van der Waals surface area contributed by atoms with Crippen LogP contribution in [0.5, 0.6) is 0 Å². The lowest BCUT2D eigenvalue weighted by atomic mass is 10.2. The number of carbonyl (C=O) groups is 1. The standard InChI is InChI=1S/C15H19N5O3S/c1-5-19-11(4)17-18-15(19)24-10(3)14(21)16-13-8-12(20(22)23)7-6-9(13)2/h6-8,10H,5H2,1-4H3,(H,16,21)/t10-/m0/s1. The van der Waals surface area contributed by atoms with Crippen molar-refractivity contribution in [2.24, 2.45) is 0 Å². The Labute approximate surface area is 143 Å². The van der Waals surface area contributed by atoms with Crippen LogP contribution in [0.4, 0.5) is 11.4 Å². The molecule has 0 saturated heterocycles. The largest absolute Gasteiger partial charge is 0.325 e. The number of nitrogens with one attached hydrogen (secondary N) is 1. The molecule has 2 aromatic rings. The number of hydrogen-bond acceptors (Lipinski definition) is 6. The number of thioether (sulfide) groups is 1. The Balaban J connectivity index is 2.11. The Morgan fingerprint density at radius 2 is 2.12 bits per heavy atom. The summed E-state index contributed by atoms with van der Waals surface area (Å²) in [5.41, 5.74) is 1.14. The average Bonchev–Trinajstić information content (AvgIpc) is 2.88. The van der Waals surface area contributed by atoms with Crippen LogP contribution in [0.3, 0.4) is 0 Å². The van der Waals surface area contributed by atoms with Crippen molar-refractivity contribution in [1.29, 1.82) is 0 Å². The summed E-state index contributed by atoms with van der Waals surface area (Å²) in [5, 5.41) is 22.0. The lowest BCUT2D eigenvalue weighted by Gasteiger charge is -2.13. The van der Waals surface area contributed by atoms with Crippen LogP contribution in [0.15, 0.2) is 23.4 Å². The van der Waals surface area contributed by atoms with E-state index >= 15 is 0 Å². The molecule has 9 heteroatoms. The molecule has 8 nitrogen and oxygen atoms in total. The number of carbonyl (C=O) groups excluding carboxylic acids is 1. The van der Waals surface area contributed by atoms with E-state index in [4.69, 9.17) is 0 Å². The molecule has 0 saturated carbocycles. The molecule has 1 atom stereocenters. The maximum Gasteiger partial charge on any atom is 0.271 e. The number of rotatable bonds is 6. The highest BCUT2D eigenvalue weighted by Gasteiger charge is 2.20. The Morgan fingerprint density at radius 1 is 1.42 bits per heavy atom. The number of aryl methyl sites for hydroxylation is 2. The zero-order chi connectivity index (χ0) is 17.9. The topological polar surface area (TPSA) is 103 Å². The number of hydrogen-bond donors (Lipinski definition) is 1. The van der Waals surface area contributed by atoms with Crippen LogP contribution in [-0.2, 0) is 11.3 Å². The number of aromatic nitrogens is 3. The molecule has 1 aromatic heterocycles. The molecule has 1 N–H and O–H groups in total. The smallest absolute Gasteiger partial charge is 0.271 e. The van der Waals surface area contributed by atoms with Crippen LogP contribution in [0.25, 0.3) is 0 Å². The second kappa shape index (κ2) is 7.43. The summed E-state index contributed by atoms with van der Waals surface area (Å²) < 4.78 is 1.92. The molecule has 0 fully saturated rings. The fraction of sp³-hybridized carbons (Fsp3) is 0.400. The maximum atomic E-state index is 12.4. The molecule has 1 aromatic carbocycles. The lowest BCUT2D eigenvalue weighted by molar-refractivity contribution is -0.384. The van der Waals surface area contributed by atoms with Crippen molar-refractivity contribution in [3.63, 3.8) is 0 Å². The van der Waals surface area contributed by atoms with E-state index in [-0.39, 0.29) is 11.6 Å². The predicted octanol–water partition coefficient (Wildman–Crippen LogP) is 2.94. The van der Waals surface area contributed by atoms with Crippen LogP contribution in [-0.4, -0.2) is 30.8 Å². The van der Waals surface area contributed by atoms with Crippen LogP contribution in [0.1, 0.15) is 25.2 Å². The minimum absolute atomic E-state index is 0.0578. The van der Waals surface area contributed by atoms with Gasteiger partial charge >= 0.3 is 0 Å². The highest BCUT2D eigenvalue weighted by Crippen LogP contribution is 2.26. The molecular weight excluding hydrogens is 330 g/mol. The van der Waals surface area contributed by atoms with Gasteiger partial charge < -0.3 is 9.88 Å². The van der Waals surface area contributed by atoms with Crippen LogP contribution in [0.2, 0.25) is 0 Å². The molecule has 24 heavy (non-hydrogen) atoms. The van der Waals surface area contributed by atoms with Crippen molar-refractivity contribution in [2.45, 2.75) is 44.6 Å². The van der Waals surface area contributed by atoms with E-state index in [1.54, 1.807) is 19.9 Å². The summed E-state index contributed by atoms with van der Waals surface area (Å²) in [6.07, 6.45) is 0.